The number of nitrogens with one attached hydrogen (secondary N) is 1. The van der Waals surface area contributed by atoms with Gasteiger partial charge >= 0.3 is 0 Å². The van der Waals surface area contributed by atoms with E-state index in [0.717, 1.165) is 12.5 Å². The second-order valence-corrected chi connectivity index (χ2v) is 4.23. The number of benzene rings is 1. The minimum atomic E-state index is -0.457. The average Bonchev–Trinajstić information content (AvgIpc) is 3.01. The average molecular weight is 211 g/mol. The van der Waals surface area contributed by atoms with E-state index in [2.05, 4.69) is 5.32 Å². The summed E-state index contributed by atoms with van der Waals surface area (Å²) in [5.74, 6) is -0.152. The molecule has 2 rings (SSSR count). The van der Waals surface area contributed by atoms with Gasteiger partial charge in [0.05, 0.1) is 0 Å². The maximum absolute atomic E-state index is 13.5. The summed E-state index contributed by atoms with van der Waals surface area (Å²) >= 11 is 0. The lowest BCUT2D eigenvalue weighted by molar-refractivity contribution is 0.526. The lowest BCUT2D eigenvalue weighted by Crippen LogP contribution is -2.18. The first kappa shape index (κ1) is 10.6. The molecule has 1 aromatic rings. The highest BCUT2D eigenvalue weighted by molar-refractivity contribution is 5.26. The zero-order valence-electron chi connectivity index (χ0n) is 8.82. The number of hydrogen-bond donors (Lipinski definition) is 1. The summed E-state index contributed by atoms with van der Waals surface area (Å²) in [4.78, 5) is 0. The van der Waals surface area contributed by atoms with Crippen molar-refractivity contribution < 1.29 is 8.78 Å². The molecule has 1 aliphatic rings. The maximum atomic E-state index is 13.5. The van der Waals surface area contributed by atoms with Crippen molar-refractivity contribution in [1.29, 1.82) is 0 Å². The van der Waals surface area contributed by atoms with Crippen LogP contribution in [0.15, 0.2) is 12.1 Å². The van der Waals surface area contributed by atoms with Gasteiger partial charge in [0.1, 0.15) is 11.6 Å². The summed E-state index contributed by atoms with van der Waals surface area (Å²) in [5, 5.41) is 3.09. The molecule has 1 nitrogen and oxygen atoms in total. The monoisotopic (exact) mass is 211 g/mol. The highest BCUT2D eigenvalue weighted by Crippen LogP contribution is 2.27. The minimum absolute atomic E-state index is 0.163. The molecular formula is C12H15F2N. The quantitative estimate of drug-likeness (QED) is 0.807. The summed E-state index contributed by atoms with van der Waals surface area (Å²) in [5.41, 5.74) is 0.662. The van der Waals surface area contributed by atoms with Gasteiger partial charge in [-0.3, -0.25) is 0 Å². The lowest BCUT2D eigenvalue weighted by Gasteiger charge is -2.08. The zero-order chi connectivity index (χ0) is 10.8. The van der Waals surface area contributed by atoms with Gasteiger partial charge in [0, 0.05) is 12.1 Å². The third-order valence-electron chi connectivity index (χ3n) is 2.81. The van der Waals surface area contributed by atoms with E-state index in [-0.39, 0.29) is 12.1 Å². The maximum Gasteiger partial charge on any atom is 0.133 e. The molecule has 0 bridgehead atoms. The molecule has 0 aromatic heterocycles. The summed E-state index contributed by atoms with van der Waals surface area (Å²) < 4.78 is 26.8. The number of hydrogen-bond acceptors (Lipinski definition) is 1. The first-order valence-electron chi connectivity index (χ1n) is 5.32. The summed E-state index contributed by atoms with van der Waals surface area (Å²) in [6.45, 7) is 2.81. The van der Waals surface area contributed by atoms with Gasteiger partial charge in [-0.15, -0.1) is 0 Å². The van der Waals surface area contributed by atoms with E-state index in [1.807, 2.05) is 0 Å². The van der Waals surface area contributed by atoms with Crippen LogP contribution in [-0.2, 0) is 6.54 Å². The molecule has 0 atom stereocenters. The van der Waals surface area contributed by atoms with Gasteiger partial charge in [-0.25, -0.2) is 8.78 Å². The molecule has 15 heavy (non-hydrogen) atoms. The van der Waals surface area contributed by atoms with Gasteiger partial charge in [-0.05, 0) is 43.9 Å². The third-order valence-corrected chi connectivity index (χ3v) is 2.81. The van der Waals surface area contributed by atoms with Gasteiger partial charge in [0.2, 0.25) is 0 Å². The molecule has 0 radical (unpaired) electrons. The van der Waals surface area contributed by atoms with Gasteiger partial charge in [0.25, 0.3) is 0 Å². The predicted molar refractivity (Wildman–Crippen MR) is 55.5 cm³/mol. The molecule has 0 aliphatic heterocycles. The second kappa shape index (κ2) is 4.27. The van der Waals surface area contributed by atoms with E-state index in [9.17, 15) is 8.78 Å². The molecule has 0 heterocycles. The molecular weight excluding hydrogens is 196 g/mol. The predicted octanol–water partition coefficient (Wildman–Crippen LogP) is 2.77. The first-order chi connectivity index (χ1) is 7.18. The van der Waals surface area contributed by atoms with Crippen molar-refractivity contribution in [3.63, 3.8) is 0 Å². The molecule has 1 N–H and O–H groups in total. The van der Waals surface area contributed by atoms with Crippen LogP contribution in [0.5, 0.6) is 0 Å². The SMILES string of the molecule is Cc1ccc(F)c(CNCC2CC2)c1F. The van der Waals surface area contributed by atoms with Crippen molar-refractivity contribution in [3.05, 3.63) is 34.9 Å². The Labute approximate surface area is 88.5 Å². The molecule has 1 aliphatic carbocycles. The Morgan fingerprint density at radius 3 is 2.73 bits per heavy atom. The fraction of sp³-hybridized carbons (Fsp3) is 0.500. The second-order valence-electron chi connectivity index (χ2n) is 4.23. The molecule has 1 fully saturated rings. The van der Waals surface area contributed by atoms with Crippen LogP contribution in [0.4, 0.5) is 8.78 Å². The fourth-order valence-electron chi connectivity index (χ4n) is 1.60. The normalized spacial score (nSPS) is 15.7. The molecule has 0 saturated heterocycles. The van der Waals surface area contributed by atoms with Crippen LogP contribution in [-0.4, -0.2) is 6.54 Å². The van der Waals surface area contributed by atoms with Crippen molar-refractivity contribution in [1.82, 2.24) is 5.32 Å². The van der Waals surface area contributed by atoms with Crippen LogP contribution in [0.2, 0.25) is 0 Å². The molecule has 1 saturated carbocycles. The van der Waals surface area contributed by atoms with Crippen molar-refractivity contribution in [2.45, 2.75) is 26.3 Å². The van der Waals surface area contributed by atoms with E-state index in [4.69, 9.17) is 0 Å². The zero-order valence-corrected chi connectivity index (χ0v) is 8.82. The van der Waals surface area contributed by atoms with Crippen LogP contribution in [0.25, 0.3) is 0 Å². The van der Waals surface area contributed by atoms with E-state index < -0.39 is 11.6 Å². The van der Waals surface area contributed by atoms with Crippen molar-refractivity contribution in [2.24, 2.45) is 5.92 Å². The summed E-state index contributed by atoms with van der Waals surface area (Å²) in [6, 6.07) is 2.79. The Bertz CT molecular complexity index is 359. The highest BCUT2D eigenvalue weighted by atomic mass is 19.1. The third kappa shape index (κ3) is 2.53. The van der Waals surface area contributed by atoms with Gasteiger partial charge in [0.15, 0.2) is 0 Å². The van der Waals surface area contributed by atoms with Crippen molar-refractivity contribution >= 4 is 0 Å². The van der Waals surface area contributed by atoms with E-state index in [1.165, 1.54) is 25.0 Å². The molecule has 1 aromatic carbocycles. The molecule has 0 amide bonds. The van der Waals surface area contributed by atoms with Crippen LogP contribution in [0.1, 0.15) is 24.0 Å². The van der Waals surface area contributed by atoms with Crippen LogP contribution >= 0.6 is 0 Å². The Hall–Kier alpha value is -0.960. The fourth-order valence-corrected chi connectivity index (χ4v) is 1.60. The standard InChI is InChI=1S/C12H15F2N/c1-8-2-5-11(13)10(12(8)14)7-15-6-9-3-4-9/h2,5,9,15H,3-4,6-7H2,1H3. The lowest BCUT2D eigenvalue weighted by atomic mass is 10.1. The minimum Gasteiger partial charge on any atom is -0.312 e. The molecule has 3 heteroatoms. The highest BCUT2D eigenvalue weighted by Gasteiger charge is 2.20. The number of halogens is 2. The first-order valence-corrected chi connectivity index (χ1v) is 5.32. The number of rotatable bonds is 4. The molecule has 82 valence electrons. The van der Waals surface area contributed by atoms with Crippen molar-refractivity contribution in [2.75, 3.05) is 6.54 Å². The van der Waals surface area contributed by atoms with E-state index in [1.54, 1.807) is 6.92 Å². The Balaban J connectivity index is 2.01. The largest absolute Gasteiger partial charge is 0.312 e. The molecule has 0 unspecified atom stereocenters. The Kier molecular flexibility index (Phi) is 3.00. The van der Waals surface area contributed by atoms with Crippen molar-refractivity contribution in [3.8, 4) is 0 Å². The Morgan fingerprint density at radius 2 is 2.07 bits per heavy atom. The Morgan fingerprint density at radius 1 is 1.33 bits per heavy atom. The van der Waals surface area contributed by atoms with E-state index >= 15 is 0 Å². The summed E-state index contributed by atoms with van der Waals surface area (Å²) in [6.07, 6.45) is 2.48. The number of aryl methyl sites for hydroxylation is 1. The topological polar surface area (TPSA) is 12.0 Å². The van der Waals surface area contributed by atoms with Crippen LogP contribution in [0, 0.1) is 24.5 Å². The van der Waals surface area contributed by atoms with Crippen LogP contribution in [0.3, 0.4) is 0 Å². The van der Waals surface area contributed by atoms with E-state index in [0.29, 0.717) is 5.56 Å². The van der Waals surface area contributed by atoms with Gasteiger partial charge in [-0.1, -0.05) is 6.07 Å². The smallest absolute Gasteiger partial charge is 0.133 e. The van der Waals surface area contributed by atoms with Crippen LogP contribution < -0.4 is 5.32 Å². The molecule has 0 spiro atoms. The van der Waals surface area contributed by atoms with Gasteiger partial charge < -0.3 is 5.32 Å². The summed E-state index contributed by atoms with van der Waals surface area (Å²) in [7, 11) is 0. The van der Waals surface area contributed by atoms with Gasteiger partial charge in [-0.2, -0.15) is 0 Å².